The van der Waals surface area contributed by atoms with Gasteiger partial charge in [-0.05, 0) is 42.9 Å². The molecule has 1 rings (SSSR count). The highest BCUT2D eigenvalue weighted by atomic mass is 14.2. The molecule has 0 saturated heterocycles. The Bertz CT molecular complexity index is 523. The summed E-state index contributed by atoms with van der Waals surface area (Å²) in [4.78, 5) is 0. The molecule has 0 spiro atoms. The Kier molecular flexibility index (Phi) is 9.80. The second-order valence-corrected chi connectivity index (χ2v) is 6.38. The number of allylic oxidation sites excluding steroid dienone is 8. The van der Waals surface area contributed by atoms with Crippen LogP contribution in [0.5, 0.6) is 0 Å². The molecule has 1 heteroatoms. The second kappa shape index (κ2) is 11.7. The highest BCUT2D eigenvalue weighted by molar-refractivity contribution is 5.45. The van der Waals surface area contributed by atoms with Crippen molar-refractivity contribution in [3.63, 3.8) is 0 Å². The second-order valence-electron chi connectivity index (χ2n) is 6.38. The van der Waals surface area contributed by atoms with Crippen LogP contribution in [-0.4, -0.2) is 0 Å². The van der Waals surface area contributed by atoms with Crippen molar-refractivity contribution in [1.29, 1.82) is 5.26 Å². The molecule has 0 amide bonds. The molecule has 1 aliphatic rings. The zero-order chi connectivity index (χ0) is 16.9. The third-order valence-electron chi connectivity index (χ3n) is 4.33. The van der Waals surface area contributed by atoms with Gasteiger partial charge in [0.25, 0.3) is 0 Å². The van der Waals surface area contributed by atoms with Crippen LogP contribution in [0.25, 0.3) is 0 Å². The van der Waals surface area contributed by atoms with Crippen LogP contribution in [0.2, 0.25) is 0 Å². The molecule has 0 aromatic rings. The minimum atomic E-state index is 0.828. The molecule has 0 heterocycles. The molecule has 0 radical (unpaired) electrons. The van der Waals surface area contributed by atoms with Crippen molar-refractivity contribution in [2.24, 2.45) is 0 Å². The van der Waals surface area contributed by atoms with Crippen LogP contribution in [-0.2, 0) is 0 Å². The molecule has 1 nitrogen and oxygen atoms in total. The van der Waals surface area contributed by atoms with E-state index in [4.69, 9.17) is 5.26 Å². The van der Waals surface area contributed by atoms with Gasteiger partial charge in [-0.3, -0.25) is 0 Å². The van der Waals surface area contributed by atoms with E-state index in [1.54, 1.807) is 0 Å². The molecule has 0 N–H and O–H groups in total. The lowest BCUT2D eigenvalue weighted by Crippen LogP contribution is -1.93. The Morgan fingerprint density at radius 3 is 2.35 bits per heavy atom. The zero-order valence-electron chi connectivity index (χ0n) is 14.7. The summed E-state index contributed by atoms with van der Waals surface area (Å²) >= 11 is 0. The average molecular weight is 309 g/mol. The predicted octanol–water partition coefficient (Wildman–Crippen LogP) is 6.97. The molecule has 0 aromatic carbocycles. The van der Waals surface area contributed by atoms with Crippen LogP contribution < -0.4 is 0 Å². The number of rotatable bonds is 11. The number of nitrogens with zero attached hydrogens (tertiary/aromatic N) is 1. The molecular formula is C22H31N. The van der Waals surface area contributed by atoms with Gasteiger partial charge in [-0.2, -0.15) is 5.26 Å². The quantitative estimate of drug-likeness (QED) is 0.299. The predicted molar refractivity (Wildman–Crippen MR) is 101 cm³/mol. The van der Waals surface area contributed by atoms with Crippen molar-refractivity contribution in [2.45, 2.75) is 71.1 Å². The summed E-state index contributed by atoms with van der Waals surface area (Å²) in [5.41, 5.74) is 4.31. The number of hydrogen-bond donors (Lipinski definition) is 0. The van der Waals surface area contributed by atoms with Gasteiger partial charge in [0.1, 0.15) is 0 Å². The highest BCUT2D eigenvalue weighted by Gasteiger charge is 2.06. The Morgan fingerprint density at radius 1 is 1.04 bits per heavy atom. The topological polar surface area (TPSA) is 23.8 Å². The lowest BCUT2D eigenvalue weighted by Gasteiger charge is -2.11. The number of nitriles is 1. The van der Waals surface area contributed by atoms with Crippen molar-refractivity contribution < 1.29 is 0 Å². The average Bonchev–Trinajstić information content (AvgIpc) is 2.59. The van der Waals surface area contributed by atoms with Gasteiger partial charge in [0.05, 0.1) is 6.07 Å². The first-order chi connectivity index (χ1) is 11.2. The summed E-state index contributed by atoms with van der Waals surface area (Å²) in [6, 6.07) is 2.21. The summed E-state index contributed by atoms with van der Waals surface area (Å²) in [6.07, 6.45) is 20.3. The standard InChI is InChI=1S/C22H31N/c1-4-5-6-7-8-9-10-11-19(2)12-13-20(3)22-16-14-21(18-23)15-17-22/h12-14,16H,2-11,15,17H2,1H3/b13-12-. The Morgan fingerprint density at radius 2 is 1.74 bits per heavy atom. The maximum Gasteiger partial charge on any atom is 0.0947 e. The molecule has 0 unspecified atom stereocenters. The molecular weight excluding hydrogens is 278 g/mol. The first-order valence-electron chi connectivity index (χ1n) is 9.02. The smallest absolute Gasteiger partial charge is 0.0947 e. The van der Waals surface area contributed by atoms with Gasteiger partial charge in [-0.15, -0.1) is 0 Å². The van der Waals surface area contributed by atoms with E-state index in [1.165, 1.54) is 56.1 Å². The van der Waals surface area contributed by atoms with E-state index < -0.39 is 0 Å². The fraction of sp³-hybridized carbons (Fsp3) is 0.500. The van der Waals surface area contributed by atoms with Gasteiger partial charge >= 0.3 is 0 Å². The first kappa shape index (κ1) is 19.2. The van der Waals surface area contributed by atoms with Gasteiger partial charge in [-0.1, -0.05) is 82.4 Å². The monoisotopic (exact) mass is 309 g/mol. The van der Waals surface area contributed by atoms with Crippen molar-refractivity contribution >= 4 is 0 Å². The largest absolute Gasteiger partial charge is 0.193 e. The van der Waals surface area contributed by atoms with Crippen LogP contribution >= 0.6 is 0 Å². The fourth-order valence-corrected chi connectivity index (χ4v) is 2.72. The van der Waals surface area contributed by atoms with E-state index in [2.05, 4.69) is 38.3 Å². The van der Waals surface area contributed by atoms with E-state index >= 15 is 0 Å². The SMILES string of the molecule is C=C(/C=C\C(=C)C1=CC=C(C#N)CC1)CCCCCCCCC. The van der Waals surface area contributed by atoms with E-state index in [0.717, 1.165) is 30.4 Å². The van der Waals surface area contributed by atoms with Crippen LogP contribution in [0, 0.1) is 11.3 Å². The van der Waals surface area contributed by atoms with Crippen LogP contribution in [0.15, 0.2) is 59.8 Å². The highest BCUT2D eigenvalue weighted by Crippen LogP contribution is 2.24. The molecule has 0 aliphatic heterocycles. The minimum Gasteiger partial charge on any atom is -0.193 e. The first-order valence-corrected chi connectivity index (χ1v) is 9.02. The molecule has 0 saturated carbocycles. The third-order valence-corrected chi connectivity index (χ3v) is 4.33. The Labute approximate surface area is 142 Å². The maximum absolute atomic E-state index is 8.86. The third kappa shape index (κ3) is 8.41. The van der Waals surface area contributed by atoms with Crippen molar-refractivity contribution in [3.05, 3.63) is 59.8 Å². The molecule has 0 fully saturated rings. The number of unbranched alkanes of at least 4 members (excludes halogenated alkanes) is 6. The van der Waals surface area contributed by atoms with E-state index in [-0.39, 0.29) is 0 Å². The minimum absolute atomic E-state index is 0.828. The van der Waals surface area contributed by atoms with Crippen molar-refractivity contribution in [3.8, 4) is 6.07 Å². The molecule has 124 valence electrons. The maximum atomic E-state index is 8.86. The van der Waals surface area contributed by atoms with E-state index in [9.17, 15) is 0 Å². The van der Waals surface area contributed by atoms with Crippen molar-refractivity contribution in [2.75, 3.05) is 0 Å². The van der Waals surface area contributed by atoms with Crippen LogP contribution in [0.3, 0.4) is 0 Å². The van der Waals surface area contributed by atoms with Gasteiger partial charge in [0, 0.05) is 5.57 Å². The molecule has 0 atom stereocenters. The summed E-state index contributed by atoms with van der Waals surface area (Å²) in [5.74, 6) is 0. The molecule has 0 aromatic heterocycles. The van der Waals surface area contributed by atoms with Gasteiger partial charge in [-0.25, -0.2) is 0 Å². The van der Waals surface area contributed by atoms with Gasteiger partial charge in [0.15, 0.2) is 0 Å². The van der Waals surface area contributed by atoms with Crippen molar-refractivity contribution in [1.82, 2.24) is 0 Å². The van der Waals surface area contributed by atoms with E-state index in [1.807, 2.05) is 12.2 Å². The van der Waals surface area contributed by atoms with E-state index in [0.29, 0.717) is 0 Å². The Balaban J connectivity index is 2.22. The molecule has 1 aliphatic carbocycles. The lowest BCUT2D eigenvalue weighted by atomic mass is 9.94. The van der Waals surface area contributed by atoms with Gasteiger partial charge < -0.3 is 0 Å². The normalized spacial score (nSPS) is 14.3. The molecule has 23 heavy (non-hydrogen) atoms. The zero-order valence-corrected chi connectivity index (χ0v) is 14.7. The summed E-state index contributed by atoms with van der Waals surface area (Å²) in [7, 11) is 0. The number of hydrogen-bond acceptors (Lipinski definition) is 1. The lowest BCUT2D eigenvalue weighted by molar-refractivity contribution is 0.590. The summed E-state index contributed by atoms with van der Waals surface area (Å²) in [5, 5.41) is 8.86. The van der Waals surface area contributed by atoms with Crippen LogP contribution in [0.4, 0.5) is 0 Å². The molecule has 0 bridgehead atoms. The summed E-state index contributed by atoms with van der Waals surface area (Å²) < 4.78 is 0. The fourth-order valence-electron chi connectivity index (χ4n) is 2.72. The Hall–Kier alpha value is -1.81. The van der Waals surface area contributed by atoms with Crippen LogP contribution in [0.1, 0.15) is 71.1 Å². The summed E-state index contributed by atoms with van der Waals surface area (Å²) in [6.45, 7) is 10.5. The van der Waals surface area contributed by atoms with Gasteiger partial charge in [0.2, 0.25) is 0 Å².